The van der Waals surface area contributed by atoms with Crippen LogP contribution in [0.5, 0.6) is 0 Å². The van der Waals surface area contributed by atoms with Crippen molar-refractivity contribution < 1.29 is 13.2 Å². The molecular formula is C17H23N3O3S. The zero-order chi connectivity index (χ0) is 16.7. The summed E-state index contributed by atoms with van der Waals surface area (Å²) in [4.78, 5) is 18.7. The molecule has 6 nitrogen and oxygen atoms in total. The first-order valence-corrected chi connectivity index (χ1v) is 10.4. The molecule has 130 valence electrons. The molecule has 3 fully saturated rings. The quantitative estimate of drug-likeness (QED) is 0.875. The lowest BCUT2D eigenvalue weighted by Crippen LogP contribution is -2.43. The number of fused-ring (bicyclic) bond motifs is 1. The fourth-order valence-corrected chi connectivity index (χ4v) is 6.86. The molecule has 2 aliphatic heterocycles. The van der Waals surface area contributed by atoms with Gasteiger partial charge in [0, 0.05) is 43.5 Å². The van der Waals surface area contributed by atoms with Gasteiger partial charge in [-0.25, -0.2) is 8.42 Å². The molecular weight excluding hydrogens is 326 g/mol. The first-order chi connectivity index (χ1) is 11.5. The minimum absolute atomic E-state index is 0.0104. The van der Waals surface area contributed by atoms with Crippen molar-refractivity contribution in [1.82, 2.24) is 15.2 Å². The van der Waals surface area contributed by atoms with Crippen LogP contribution in [0.1, 0.15) is 36.0 Å². The number of carbonyl (C=O) groups excluding carboxylic acids is 1. The molecule has 7 heteroatoms. The van der Waals surface area contributed by atoms with Gasteiger partial charge in [-0.2, -0.15) is 0 Å². The van der Waals surface area contributed by atoms with Crippen LogP contribution >= 0.6 is 0 Å². The Balaban J connectivity index is 1.49. The highest BCUT2D eigenvalue weighted by Gasteiger charge is 2.53. The Morgan fingerprint density at radius 2 is 2.04 bits per heavy atom. The number of likely N-dealkylation sites (tertiary alicyclic amines) is 1. The van der Waals surface area contributed by atoms with Crippen molar-refractivity contribution in [3.63, 3.8) is 0 Å². The molecule has 0 aromatic carbocycles. The number of carbonyl (C=O) groups is 1. The van der Waals surface area contributed by atoms with E-state index in [4.69, 9.17) is 0 Å². The summed E-state index contributed by atoms with van der Waals surface area (Å²) in [6.45, 7) is 1.42. The maximum Gasteiger partial charge on any atom is 0.253 e. The van der Waals surface area contributed by atoms with E-state index in [0.717, 1.165) is 6.54 Å². The van der Waals surface area contributed by atoms with Crippen LogP contribution in [0, 0.1) is 5.92 Å². The van der Waals surface area contributed by atoms with E-state index < -0.39 is 9.84 Å². The van der Waals surface area contributed by atoms with E-state index in [1.165, 1.54) is 31.9 Å². The lowest BCUT2D eigenvalue weighted by atomic mass is 10.00. The smallest absolute Gasteiger partial charge is 0.253 e. The molecule has 1 saturated carbocycles. The van der Waals surface area contributed by atoms with Gasteiger partial charge >= 0.3 is 0 Å². The van der Waals surface area contributed by atoms with E-state index in [1.54, 1.807) is 18.3 Å². The van der Waals surface area contributed by atoms with Gasteiger partial charge in [0.1, 0.15) is 0 Å². The minimum Gasteiger partial charge on any atom is -0.348 e. The van der Waals surface area contributed by atoms with Gasteiger partial charge in [-0.05, 0) is 25.0 Å². The first kappa shape index (κ1) is 16.0. The molecule has 1 aromatic rings. The number of rotatable bonds is 3. The average Bonchev–Trinajstić information content (AvgIpc) is 3.27. The highest BCUT2D eigenvalue weighted by Crippen LogP contribution is 2.37. The number of sulfone groups is 1. The summed E-state index contributed by atoms with van der Waals surface area (Å²) < 4.78 is 25.1. The van der Waals surface area contributed by atoms with Gasteiger partial charge in [-0.3, -0.25) is 14.7 Å². The number of nitrogens with one attached hydrogen (secondary N) is 1. The molecule has 3 heterocycles. The van der Waals surface area contributed by atoms with E-state index >= 15 is 0 Å². The second kappa shape index (κ2) is 6.11. The van der Waals surface area contributed by atoms with Gasteiger partial charge in [-0.15, -0.1) is 0 Å². The summed E-state index contributed by atoms with van der Waals surface area (Å²) in [5, 5.41) is 2.63. The summed E-state index contributed by atoms with van der Waals surface area (Å²) >= 11 is 0. The number of aromatic nitrogens is 1. The van der Waals surface area contributed by atoms with Crippen LogP contribution in [0.4, 0.5) is 0 Å². The normalized spacial score (nSPS) is 32.8. The highest BCUT2D eigenvalue weighted by molar-refractivity contribution is 7.92. The van der Waals surface area contributed by atoms with Crippen molar-refractivity contribution in [3.8, 4) is 0 Å². The van der Waals surface area contributed by atoms with Crippen molar-refractivity contribution in [1.29, 1.82) is 0 Å². The third-order valence-electron chi connectivity index (χ3n) is 5.81. The third kappa shape index (κ3) is 2.84. The topological polar surface area (TPSA) is 79.4 Å². The van der Waals surface area contributed by atoms with E-state index in [9.17, 15) is 13.2 Å². The molecule has 4 rings (SSSR count). The Morgan fingerprint density at radius 1 is 1.25 bits per heavy atom. The van der Waals surface area contributed by atoms with E-state index in [1.807, 2.05) is 0 Å². The predicted molar refractivity (Wildman–Crippen MR) is 90.4 cm³/mol. The molecule has 0 spiro atoms. The zero-order valence-electron chi connectivity index (χ0n) is 13.6. The number of nitrogens with zero attached hydrogens (tertiary/aromatic N) is 2. The highest BCUT2D eigenvalue weighted by atomic mass is 32.2. The molecule has 0 bridgehead atoms. The Morgan fingerprint density at radius 3 is 2.75 bits per heavy atom. The molecule has 3 unspecified atom stereocenters. The van der Waals surface area contributed by atoms with Crippen LogP contribution < -0.4 is 5.32 Å². The maximum absolute atomic E-state index is 12.5. The van der Waals surface area contributed by atoms with E-state index in [-0.39, 0.29) is 28.9 Å². The van der Waals surface area contributed by atoms with Crippen LogP contribution in [0.25, 0.3) is 0 Å². The molecule has 1 amide bonds. The fourth-order valence-electron chi connectivity index (χ4n) is 4.56. The summed E-state index contributed by atoms with van der Waals surface area (Å²) in [6.07, 6.45) is 7.95. The number of hydrogen-bond donors (Lipinski definition) is 1. The predicted octanol–water partition coefficient (Wildman–Crippen LogP) is 0.851. The Bertz CT molecular complexity index is 716. The second-order valence-corrected chi connectivity index (χ2v) is 9.51. The largest absolute Gasteiger partial charge is 0.348 e. The molecule has 2 saturated heterocycles. The molecule has 3 aliphatic rings. The number of hydrogen-bond acceptors (Lipinski definition) is 5. The van der Waals surface area contributed by atoms with E-state index in [2.05, 4.69) is 15.2 Å². The number of pyridine rings is 1. The van der Waals surface area contributed by atoms with E-state index in [0.29, 0.717) is 18.2 Å². The van der Waals surface area contributed by atoms with Crippen molar-refractivity contribution in [3.05, 3.63) is 30.1 Å². The van der Waals surface area contributed by atoms with Crippen LogP contribution in [0.2, 0.25) is 0 Å². The maximum atomic E-state index is 12.5. The van der Waals surface area contributed by atoms with Crippen molar-refractivity contribution in [2.45, 2.75) is 43.0 Å². The van der Waals surface area contributed by atoms with Crippen LogP contribution in [0.15, 0.2) is 24.5 Å². The Kier molecular flexibility index (Phi) is 4.08. The molecule has 1 aromatic heterocycles. The Hall–Kier alpha value is -1.47. The zero-order valence-corrected chi connectivity index (χ0v) is 14.4. The molecule has 1 aliphatic carbocycles. The van der Waals surface area contributed by atoms with Crippen LogP contribution in [-0.4, -0.2) is 60.4 Å². The Labute approximate surface area is 142 Å². The van der Waals surface area contributed by atoms with Gasteiger partial charge in [-0.1, -0.05) is 12.8 Å². The number of amides is 1. The SMILES string of the molecule is O=C(NC1CS(=O)(=O)C2CN(C3CCCC3)CC12)c1cccnc1. The standard InChI is InChI=1S/C17H23N3O3S/c21-17(12-4-3-7-18-8-12)19-15-11-24(22,23)16-10-20(9-14(15)16)13-5-1-2-6-13/h3-4,7-8,13-16H,1-2,5-6,9-11H2,(H,19,21). The van der Waals surface area contributed by atoms with Crippen molar-refractivity contribution in [2.24, 2.45) is 5.92 Å². The molecule has 24 heavy (non-hydrogen) atoms. The van der Waals surface area contributed by atoms with Crippen LogP contribution in [0.3, 0.4) is 0 Å². The molecule has 1 N–H and O–H groups in total. The van der Waals surface area contributed by atoms with Gasteiger partial charge < -0.3 is 5.32 Å². The van der Waals surface area contributed by atoms with Gasteiger partial charge in [0.15, 0.2) is 9.84 Å². The molecule has 0 radical (unpaired) electrons. The monoisotopic (exact) mass is 349 g/mol. The minimum atomic E-state index is -3.14. The van der Waals surface area contributed by atoms with Crippen LogP contribution in [-0.2, 0) is 9.84 Å². The lowest BCUT2D eigenvalue weighted by molar-refractivity contribution is 0.0929. The fraction of sp³-hybridized carbons (Fsp3) is 0.647. The average molecular weight is 349 g/mol. The van der Waals surface area contributed by atoms with Gasteiger partial charge in [0.05, 0.1) is 16.6 Å². The first-order valence-electron chi connectivity index (χ1n) is 8.71. The summed E-state index contributed by atoms with van der Waals surface area (Å²) in [5.41, 5.74) is 0.476. The summed E-state index contributed by atoms with van der Waals surface area (Å²) in [5.74, 6) is -0.160. The second-order valence-electron chi connectivity index (χ2n) is 7.25. The third-order valence-corrected chi connectivity index (χ3v) is 8.05. The summed E-state index contributed by atoms with van der Waals surface area (Å²) in [7, 11) is -3.14. The lowest BCUT2D eigenvalue weighted by Gasteiger charge is -2.25. The van der Waals surface area contributed by atoms with Gasteiger partial charge in [0.25, 0.3) is 5.91 Å². The van der Waals surface area contributed by atoms with Crippen molar-refractivity contribution in [2.75, 3.05) is 18.8 Å². The van der Waals surface area contributed by atoms with Gasteiger partial charge in [0.2, 0.25) is 0 Å². The summed E-state index contributed by atoms with van der Waals surface area (Å²) in [6, 6.07) is 3.64. The van der Waals surface area contributed by atoms with Crippen molar-refractivity contribution >= 4 is 15.7 Å². The molecule has 3 atom stereocenters.